The van der Waals surface area contributed by atoms with Crippen molar-refractivity contribution in [3.63, 3.8) is 0 Å². The summed E-state index contributed by atoms with van der Waals surface area (Å²) < 4.78 is 11.2. The number of hydrogen-bond acceptors (Lipinski definition) is 4. The van der Waals surface area contributed by atoms with Crippen LogP contribution in [0.5, 0.6) is 5.75 Å². The number of carbonyl (C=O) groups is 2. The lowest BCUT2D eigenvalue weighted by molar-refractivity contribution is 0.0924. The molecule has 0 aliphatic rings. The second kappa shape index (κ2) is 8.85. The number of furan rings is 1. The molecule has 0 fully saturated rings. The van der Waals surface area contributed by atoms with E-state index < -0.39 is 0 Å². The Bertz CT molecular complexity index is 898. The summed E-state index contributed by atoms with van der Waals surface area (Å²) in [6.45, 7) is 2.54. The summed E-state index contributed by atoms with van der Waals surface area (Å²) >= 11 is 0. The molecule has 1 amide bonds. The molecule has 5 nitrogen and oxygen atoms in total. The number of nitrogens with one attached hydrogen (secondary N) is 1. The largest absolute Gasteiger partial charge is 0.494 e. The minimum atomic E-state index is -0.263. The van der Waals surface area contributed by atoms with Crippen LogP contribution in [0, 0.1) is 0 Å². The van der Waals surface area contributed by atoms with E-state index in [0.717, 1.165) is 11.3 Å². The van der Waals surface area contributed by atoms with Gasteiger partial charge in [0, 0.05) is 17.7 Å². The van der Waals surface area contributed by atoms with Gasteiger partial charge in [-0.25, -0.2) is 0 Å². The molecule has 1 N–H and O–H groups in total. The highest BCUT2D eigenvalue weighted by atomic mass is 16.5. The van der Waals surface area contributed by atoms with E-state index in [9.17, 15) is 9.59 Å². The van der Waals surface area contributed by atoms with Crippen LogP contribution in [0.2, 0.25) is 0 Å². The summed E-state index contributed by atoms with van der Waals surface area (Å²) in [5.74, 6) is 1.40. The highest BCUT2D eigenvalue weighted by Gasteiger charge is 2.12. The Morgan fingerprint density at radius 1 is 0.963 bits per heavy atom. The van der Waals surface area contributed by atoms with Crippen LogP contribution in [-0.2, 0) is 0 Å². The van der Waals surface area contributed by atoms with E-state index >= 15 is 0 Å². The molecule has 0 saturated carbocycles. The molecule has 0 atom stereocenters. The standard InChI is InChI=1S/C22H21NO4/c1-16(24)17-8-10-18(11-9-17)20-12-13-21(27-20)22(25)23-14-5-15-26-19-6-3-2-4-7-19/h2-4,6-13H,5,14-15H2,1H3,(H,23,25). The van der Waals surface area contributed by atoms with Gasteiger partial charge in [0.1, 0.15) is 11.5 Å². The van der Waals surface area contributed by atoms with Crippen LogP contribution < -0.4 is 10.1 Å². The number of Topliss-reactive ketones (excluding diaryl/α,β-unsaturated/α-hetero) is 1. The fourth-order valence-electron chi connectivity index (χ4n) is 2.55. The minimum Gasteiger partial charge on any atom is -0.494 e. The van der Waals surface area contributed by atoms with E-state index in [2.05, 4.69) is 5.32 Å². The average Bonchev–Trinajstić information content (AvgIpc) is 3.19. The Hall–Kier alpha value is -3.34. The topological polar surface area (TPSA) is 68.5 Å². The van der Waals surface area contributed by atoms with Gasteiger partial charge in [-0.2, -0.15) is 0 Å². The Morgan fingerprint density at radius 3 is 2.41 bits per heavy atom. The van der Waals surface area contributed by atoms with E-state index in [4.69, 9.17) is 9.15 Å². The minimum absolute atomic E-state index is 0.0114. The van der Waals surface area contributed by atoms with E-state index in [-0.39, 0.29) is 17.5 Å². The van der Waals surface area contributed by atoms with Gasteiger partial charge in [-0.15, -0.1) is 0 Å². The number of ketones is 1. The number of hydrogen-bond donors (Lipinski definition) is 1. The van der Waals surface area contributed by atoms with Crippen molar-refractivity contribution < 1.29 is 18.7 Å². The van der Waals surface area contributed by atoms with Crippen molar-refractivity contribution in [3.05, 3.63) is 78.1 Å². The Balaban J connectivity index is 1.47. The maximum atomic E-state index is 12.2. The zero-order valence-electron chi connectivity index (χ0n) is 15.1. The zero-order chi connectivity index (χ0) is 19.1. The van der Waals surface area contributed by atoms with Crippen LogP contribution in [0.4, 0.5) is 0 Å². The van der Waals surface area contributed by atoms with Gasteiger partial charge in [0.25, 0.3) is 5.91 Å². The predicted octanol–water partition coefficient (Wildman–Crippen LogP) is 4.35. The zero-order valence-corrected chi connectivity index (χ0v) is 15.1. The van der Waals surface area contributed by atoms with Crippen molar-refractivity contribution in [2.45, 2.75) is 13.3 Å². The first kappa shape index (κ1) is 18.5. The van der Waals surface area contributed by atoms with Gasteiger partial charge in [-0.1, -0.05) is 42.5 Å². The van der Waals surface area contributed by atoms with Crippen molar-refractivity contribution in [2.75, 3.05) is 13.2 Å². The normalized spacial score (nSPS) is 10.4. The molecule has 0 aliphatic carbocycles. The number of carbonyl (C=O) groups excluding carboxylic acids is 2. The number of rotatable bonds is 8. The maximum absolute atomic E-state index is 12.2. The number of benzene rings is 2. The quantitative estimate of drug-likeness (QED) is 0.477. The molecular formula is C22H21NO4. The highest BCUT2D eigenvalue weighted by Crippen LogP contribution is 2.22. The molecule has 0 unspecified atom stereocenters. The smallest absolute Gasteiger partial charge is 0.287 e. The van der Waals surface area contributed by atoms with Gasteiger partial charge in [0.15, 0.2) is 11.5 Å². The van der Waals surface area contributed by atoms with Crippen molar-refractivity contribution in [2.24, 2.45) is 0 Å². The monoisotopic (exact) mass is 363 g/mol. The van der Waals surface area contributed by atoms with Crippen LogP contribution >= 0.6 is 0 Å². The molecule has 2 aromatic carbocycles. The Morgan fingerprint density at radius 2 is 1.70 bits per heavy atom. The summed E-state index contributed by atoms with van der Waals surface area (Å²) in [5, 5.41) is 2.82. The molecule has 138 valence electrons. The molecule has 0 bridgehead atoms. The SMILES string of the molecule is CC(=O)c1ccc(-c2ccc(C(=O)NCCCOc3ccccc3)o2)cc1. The third-order valence-electron chi connectivity index (χ3n) is 4.02. The number of amides is 1. The number of ether oxygens (including phenoxy) is 1. The molecule has 0 spiro atoms. The van der Waals surface area contributed by atoms with Gasteiger partial charge in [-0.05, 0) is 37.6 Å². The third-order valence-corrected chi connectivity index (χ3v) is 4.02. The van der Waals surface area contributed by atoms with Gasteiger partial charge in [0.2, 0.25) is 0 Å². The molecule has 5 heteroatoms. The van der Waals surface area contributed by atoms with E-state index in [1.807, 2.05) is 30.3 Å². The fourth-order valence-corrected chi connectivity index (χ4v) is 2.55. The highest BCUT2D eigenvalue weighted by molar-refractivity contribution is 5.94. The van der Waals surface area contributed by atoms with Crippen molar-refractivity contribution in [1.29, 1.82) is 0 Å². The Kier molecular flexibility index (Phi) is 6.05. The van der Waals surface area contributed by atoms with Gasteiger partial charge in [0.05, 0.1) is 6.61 Å². The maximum Gasteiger partial charge on any atom is 0.287 e. The predicted molar refractivity (Wildman–Crippen MR) is 103 cm³/mol. The molecule has 1 heterocycles. The molecule has 3 rings (SSSR count). The molecule has 3 aromatic rings. The van der Waals surface area contributed by atoms with Crippen LogP contribution in [0.3, 0.4) is 0 Å². The van der Waals surface area contributed by atoms with Crippen molar-refractivity contribution in [1.82, 2.24) is 5.32 Å². The van der Waals surface area contributed by atoms with Crippen LogP contribution in [0.25, 0.3) is 11.3 Å². The third kappa shape index (κ3) is 5.07. The van der Waals surface area contributed by atoms with Crippen molar-refractivity contribution in [3.8, 4) is 17.1 Å². The molecular weight excluding hydrogens is 342 g/mol. The van der Waals surface area contributed by atoms with Gasteiger partial charge in [-0.3, -0.25) is 9.59 Å². The van der Waals surface area contributed by atoms with Crippen molar-refractivity contribution >= 4 is 11.7 Å². The molecule has 1 aromatic heterocycles. The van der Waals surface area contributed by atoms with Crippen LogP contribution in [0.1, 0.15) is 34.3 Å². The summed E-state index contributed by atoms with van der Waals surface area (Å²) in [7, 11) is 0. The lowest BCUT2D eigenvalue weighted by Gasteiger charge is -2.06. The fraction of sp³-hybridized carbons (Fsp3) is 0.182. The molecule has 0 saturated heterocycles. The lowest BCUT2D eigenvalue weighted by Crippen LogP contribution is -2.25. The van der Waals surface area contributed by atoms with Crippen LogP contribution in [-0.4, -0.2) is 24.8 Å². The lowest BCUT2D eigenvalue weighted by atomic mass is 10.1. The average molecular weight is 363 g/mol. The summed E-state index contributed by atoms with van der Waals surface area (Å²) in [6.07, 6.45) is 0.695. The summed E-state index contributed by atoms with van der Waals surface area (Å²) in [6, 6.07) is 20.0. The van der Waals surface area contributed by atoms with E-state index in [0.29, 0.717) is 30.9 Å². The molecule has 0 radical (unpaired) electrons. The Labute approximate surface area is 158 Å². The second-order valence-corrected chi connectivity index (χ2v) is 6.07. The molecule has 0 aliphatic heterocycles. The summed E-state index contributed by atoms with van der Waals surface area (Å²) in [4.78, 5) is 23.5. The number of para-hydroxylation sites is 1. The van der Waals surface area contributed by atoms with Gasteiger partial charge < -0.3 is 14.5 Å². The first-order valence-corrected chi connectivity index (χ1v) is 8.81. The van der Waals surface area contributed by atoms with E-state index in [1.165, 1.54) is 6.92 Å². The molecule has 27 heavy (non-hydrogen) atoms. The first-order chi connectivity index (χ1) is 13.1. The first-order valence-electron chi connectivity index (χ1n) is 8.81. The summed E-state index contributed by atoms with van der Waals surface area (Å²) in [5.41, 5.74) is 1.45. The van der Waals surface area contributed by atoms with Crippen LogP contribution in [0.15, 0.2) is 71.1 Å². The van der Waals surface area contributed by atoms with E-state index in [1.54, 1.807) is 36.4 Å². The second-order valence-electron chi connectivity index (χ2n) is 6.07. The van der Waals surface area contributed by atoms with Gasteiger partial charge >= 0.3 is 0 Å².